The summed E-state index contributed by atoms with van der Waals surface area (Å²) in [5.41, 5.74) is 0.806. The van der Waals surface area contributed by atoms with E-state index >= 15 is 0 Å². The van der Waals surface area contributed by atoms with Crippen molar-refractivity contribution in [2.24, 2.45) is 0 Å². The molecule has 1 aliphatic heterocycles. The van der Waals surface area contributed by atoms with E-state index in [1.807, 2.05) is 6.07 Å². The molecule has 8 heteroatoms. The van der Waals surface area contributed by atoms with Gasteiger partial charge < -0.3 is 10.6 Å². The molecule has 0 bridgehead atoms. The highest BCUT2D eigenvalue weighted by Crippen LogP contribution is 2.12. The molecule has 2 aromatic rings. The minimum absolute atomic E-state index is 0.0626. The number of aromatic nitrogens is 1. The Hall–Kier alpha value is -2.74. The Kier molecular flexibility index (Phi) is 4.80. The highest BCUT2D eigenvalue weighted by atomic mass is 32.2. The van der Waals surface area contributed by atoms with Gasteiger partial charge in [-0.2, -0.15) is 0 Å². The molecule has 2 heterocycles. The van der Waals surface area contributed by atoms with Crippen molar-refractivity contribution < 1.29 is 18.0 Å². The van der Waals surface area contributed by atoms with E-state index in [-0.39, 0.29) is 22.9 Å². The van der Waals surface area contributed by atoms with Crippen LogP contribution in [-0.4, -0.2) is 42.8 Å². The second-order valence-corrected chi connectivity index (χ2v) is 8.03. The van der Waals surface area contributed by atoms with E-state index in [0.717, 1.165) is 0 Å². The molecule has 1 saturated heterocycles. The second-order valence-electron chi connectivity index (χ2n) is 5.80. The van der Waals surface area contributed by atoms with Gasteiger partial charge in [-0.25, -0.2) is 13.4 Å². The molecule has 2 amide bonds. The summed E-state index contributed by atoms with van der Waals surface area (Å²) in [6, 6.07) is 13.1. The molecule has 0 spiro atoms. The first kappa shape index (κ1) is 17.1. The molecule has 25 heavy (non-hydrogen) atoms. The molecular formula is C17H17N3O4S. The number of nitrogens with one attached hydrogen (secondary N) is 2. The van der Waals surface area contributed by atoms with Crippen LogP contribution in [-0.2, 0) is 9.84 Å². The lowest BCUT2D eigenvalue weighted by Crippen LogP contribution is -2.36. The van der Waals surface area contributed by atoms with Crippen LogP contribution in [0.4, 0.5) is 5.69 Å². The van der Waals surface area contributed by atoms with Crippen molar-refractivity contribution in [1.29, 1.82) is 0 Å². The van der Waals surface area contributed by atoms with Crippen LogP contribution >= 0.6 is 0 Å². The predicted octanol–water partition coefficient (Wildman–Crippen LogP) is 1.25. The first-order valence-corrected chi connectivity index (χ1v) is 9.60. The molecule has 3 rings (SSSR count). The van der Waals surface area contributed by atoms with Crippen LogP contribution in [0.2, 0.25) is 0 Å². The molecule has 1 unspecified atom stereocenters. The Morgan fingerprint density at radius 1 is 0.960 bits per heavy atom. The molecule has 1 fully saturated rings. The topological polar surface area (TPSA) is 105 Å². The maximum atomic E-state index is 12.2. The third-order valence-corrected chi connectivity index (χ3v) is 5.58. The van der Waals surface area contributed by atoms with Crippen molar-refractivity contribution >= 4 is 27.3 Å². The minimum atomic E-state index is -3.08. The fourth-order valence-corrected chi connectivity index (χ4v) is 4.25. The number of carbonyl (C=O) groups is 2. The highest BCUT2D eigenvalue weighted by Gasteiger charge is 2.29. The summed E-state index contributed by atoms with van der Waals surface area (Å²) >= 11 is 0. The first-order valence-electron chi connectivity index (χ1n) is 7.78. The van der Waals surface area contributed by atoms with Gasteiger partial charge >= 0.3 is 0 Å². The normalized spacial score (nSPS) is 18.5. The Labute approximate surface area is 145 Å². The molecule has 1 atom stereocenters. The average Bonchev–Trinajstić information content (AvgIpc) is 2.94. The van der Waals surface area contributed by atoms with Gasteiger partial charge in [0.25, 0.3) is 11.8 Å². The summed E-state index contributed by atoms with van der Waals surface area (Å²) in [7, 11) is -3.08. The van der Waals surface area contributed by atoms with Crippen molar-refractivity contribution in [2.45, 2.75) is 12.5 Å². The van der Waals surface area contributed by atoms with E-state index in [0.29, 0.717) is 12.1 Å². The number of para-hydroxylation sites is 1. The molecular weight excluding hydrogens is 342 g/mol. The third kappa shape index (κ3) is 4.42. The number of amides is 2. The van der Waals surface area contributed by atoms with Crippen LogP contribution in [0.3, 0.4) is 0 Å². The number of pyridine rings is 1. The quantitative estimate of drug-likeness (QED) is 0.855. The maximum Gasteiger partial charge on any atom is 0.274 e. The van der Waals surface area contributed by atoms with Gasteiger partial charge in [0.1, 0.15) is 11.4 Å². The van der Waals surface area contributed by atoms with E-state index in [4.69, 9.17) is 0 Å². The maximum absolute atomic E-state index is 12.2. The highest BCUT2D eigenvalue weighted by molar-refractivity contribution is 7.91. The lowest BCUT2D eigenvalue weighted by molar-refractivity contribution is 0.0936. The second kappa shape index (κ2) is 7.02. The van der Waals surface area contributed by atoms with Gasteiger partial charge in [-0.1, -0.05) is 24.3 Å². The smallest absolute Gasteiger partial charge is 0.274 e. The monoisotopic (exact) mass is 359 g/mol. The first-order chi connectivity index (χ1) is 11.9. The number of benzene rings is 1. The van der Waals surface area contributed by atoms with Crippen LogP contribution in [0.5, 0.6) is 0 Å². The van der Waals surface area contributed by atoms with Gasteiger partial charge in [0, 0.05) is 11.7 Å². The van der Waals surface area contributed by atoms with Gasteiger partial charge in [0.05, 0.1) is 11.5 Å². The molecule has 1 aromatic heterocycles. The third-order valence-electron chi connectivity index (χ3n) is 3.81. The zero-order valence-electron chi connectivity index (χ0n) is 13.3. The zero-order chi connectivity index (χ0) is 17.9. The molecule has 0 aliphatic carbocycles. The largest absolute Gasteiger partial charge is 0.347 e. The fourth-order valence-electron chi connectivity index (χ4n) is 2.57. The van der Waals surface area contributed by atoms with E-state index < -0.39 is 27.7 Å². The van der Waals surface area contributed by atoms with E-state index in [9.17, 15) is 18.0 Å². The lowest BCUT2D eigenvalue weighted by atomic mass is 10.2. The van der Waals surface area contributed by atoms with E-state index in [2.05, 4.69) is 15.6 Å². The average molecular weight is 359 g/mol. The molecule has 0 saturated carbocycles. The predicted molar refractivity (Wildman–Crippen MR) is 93.2 cm³/mol. The number of hydrogen-bond donors (Lipinski definition) is 2. The van der Waals surface area contributed by atoms with Crippen molar-refractivity contribution in [2.75, 3.05) is 16.8 Å². The summed E-state index contributed by atoms with van der Waals surface area (Å²) in [6.07, 6.45) is 0.391. The molecule has 1 aromatic carbocycles. The molecule has 2 N–H and O–H groups in total. The molecule has 1 aliphatic rings. The molecule has 0 radical (unpaired) electrons. The number of rotatable bonds is 4. The Bertz CT molecular complexity index is 897. The van der Waals surface area contributed by atoms with Crippen LogP contribution < -0.4 is 10.6 Å². The summed E-state index contributed by atoms with van der Waals surface area (Å²) in [4.78, 5) is 28.6. The fraction of sp³-hybridized carbons (Fsp3) is 0.235. The Morgan fingerprint density at radius 2 is 1.64 bits per heavy atom. The van der Waals surface area contributed by atoms with Crippen LogP contribution in [0.1, 0.15) is 27.4 Å². The standard InChI is InChI=1S/C17H17N3O4S/c21-16(18-12-5-2-1-3-6-12)14-7-4-8-15(20-14)17(22)19-13-9-10-25(23,24)11-13/h1-8,13H,9-11H2,(H,18,21)(H,19,22). The number of nitrogens with zero attached hydrogens (tertiary/aromatic N) is 1. The zero-order valence-corrected chi connectivity index (χ0v) is 14.1. The SMILES string of the molecule is O=C(Nc1ccccc1)c1cccc(C(=O)NC2CCS(=O)(=O)C2)n1. The number of hydrogen-bond acceptors (Lipinski definition) is 5. The number of carbonyl (C=O) groups excluding carboxylic acids is 2. The Morgan fingerprint density at radius 3 is 2.28 bits per heavy atom. The minimum Gasteiger partial charge on any atom is -0.347 e. The van der Waals surface area contributed by atoms with Gasteiger partial charge in [-0.15, -0.1) is 0 Å². The van der Waals surface area contributed by atoms with E-state index in [1.165, 1.54) is 12.1 Å². The number of sulfone groups is 1. The van der Waals surface area contributed by atoms with Gasteiger partial charge in [-0.05, 0) is 30.7 Å². The molecule has 7 nitrogen and oxygen atoms in total. The van der Waals surface area contributed by atoms with Gasteiger partial charge in [0.2, 0.25) is 0 Å². The molecule has 130 valence electrons. The summed E-state index contributed by atoms with van der Waals surface area (Å²) in [6.45, 7) is 0. The van der Waals surface area contributed by atoms with E-state index in [1.54, 1.807) is 30.3 Å². The van der Waals surface area contributed by atoms with Crippen molar-refractivity contribution in [3.05, 3.63) is 59.9 Å². The summed E-state index contributed by atoms with van der Waals surface area (Å²) in [5.74, 6) is -0.904. The van der Waals surface area contributed by atoms with Gasteiger partial charge in [0.15, 0.2) is 9.84 Å². The number of anilines is 1. The van der Waals surface area contributed by atoms with Crippen LogP contribution in [0, 0.1) is 0 Å². The van der Waals surface area contributed by atoms with Crippen LogP contribution in [0.25, 0.3) is 0 Å². The Balaban J connectivity index is 1.68. The van der Waals surface area contributed by atoms with Gasteiger partial charge in [-0.3, -0.25) is 9.59 Å². The lowest BCUT2D eigenvalue weighted by Gasteiger charge is -2.11. The van der Waals surface area contributed by atoms with Crippen LogP contribution in [0.15, 0.2) is 48.5 Å². The summed E-state index contributed by atoms with van der Waals surface area (Å²) < 4.78 is 22.9. The van der Waals surface area contributed by atoms with Crippen molar-refractivity contribution in [3.63, 3.8) is 0 Å². The summed E-state index contributed by atoms with van der Waals surface area (Å²) in [5, 5.41) is 5.35. The van der Waals surface area contributed by atoms with Crippen molar-refractivity contribution in [1.82, 2.24) is 10.3 Å². The van der Waals surface area contributed by atoms with Crippen molar-refractivity contribution in [3.8, 4) is 0 Å².